The van der Waals surface area contributed by atoms with Crippen molar-refractivity contribution in [1.82, 2.24) is 16.0 Å². The third kappa shape index (κ3) is 9.90. The number of amides is 1. The Hall–Kier alpha value is -1.85. The monoisotopic (exact) mass is 514 g/mol. The number of ether oxygens (including phenoxy) is 2. The number of nitrogens with one attached hydrogen (secondary N) is 3. The van der Waals surface area contributed by atoms with Gasteiger partial charge in [0.2, 0.25) is 5.91 Å². The lowest BCUT2D eigenvalue weighted by molar-refractivity contribution is -0.121. The van der Waals surface area contributed by atoms with Crippen LogP contribution in [0.25, 0.3) is 0 Å². The van der Waals surface area contributed by atoms with Crippen molar-refractivity contribution in [1.29, 1.82) is 0 Å². The molecule has 0 saturated heterocycles. The van der Waals surface area contributed by atoms with Gasteiger partial charge in [-0.05, 0) is 31.5 Å². The first-order valence-electron chi connectivity index (χ1n) is 8.75. The fraction of sp³-hybridized carbons (Fsp3) is 0.556. The summed E-state index contributed by atoms with van der Waals surface area (Å²) in [6.07, 6.45) is 1.16. The normalized spacial score (nSPS) is 12.0. The molecule has 0 saturated carbocycles. The van der Waals surface area contributed by atoms with Crippen LogP contribution >= 0.6 is 24.0 Å². The van der Waals surface area contributed by atoms with E-state index in [1.54, 1.807) is 19.2 Å². The Labute approximate surface area is 181 Å². The molecular weight excluding hydrogens is 485 g/mol. The SMILES string of the molecule is CCC(C)NC(=O)CCNC(=NC)NCc1cc(OC)ccc1OC(F)F.I. The van der Waals surface area contributed by atoms with Gasteiger partial charge in [-0.1, -0.05) is 6.92 Å². The summed E-state index contributed by atoms with van der Waals surface area (Å²) in [7, 11) is 3.07. The molecule has 3 N–H and O–H groups in total. The van der Waals surface area contributed by atoms with E-state index in [0.717, 1.165) is 6.42 Å². The highest BCUT2D eigenvalue weighted by Gasteiger charge is 2.12. The number of alkyl halides is 2. The number of rotatable bonds is 10. The minimum atomic E-state index is -2.92. The first-order chi connectivity index (χ1) is 12.9. The lowest BCUT2D eigenvalue weighted by atomic mass is 10.2. The molecule has 0 spiro atoms. The van der Waals surface area contributed by atoms with Crippen molar-refractivity contribution in [2.75, 3.05) is 20.7 Å². The Bertz CT molecular complexity index is 633. The summed E-state index contributed by atoms with van der Waals surface area (Å²) in [4.78, 5) is 15.8. The topological polar surface area (TPSA) is 84.0 Å². The van der Waals surface area contributed by atoms with E-state index in [0.29, 0.717) is 30.2 Å². The van der Waals surface area contributed by atoms with Gasteiger partial charge in [0.15, 0.2) is 5.96 Å². The van der Waals surface area contributed by atoms with Gasteiger partial charge in [0, 0.05) is 38.2 Å². The van der Waals surface area contributed by atoms with Crippen LogP contribution in [0.1, 0.15) is 32.3 Å². The summed E-state index contributed by atoms with van der Waals surface area (Å²) in [6, 6.07) is 4.72. The van der Waals surface area contributed by atoms with Crippen LogP contribution in [0.15, 0.2) is 23.2 Å². The molecule has 0 aromatic heterocycles. The Kier molecular flexibility index (Phi) is 13.3. The first kappa shape index (κ1) is 26.1. The average Bonchev–Trinajstić information content (AvgIpc) is 2.64. The molecule has 7 nitrogen and oxygen atoms in total. The van der Waals surface area contributed by atoms with Crippen LogP contribution in [0.3, 0.4) is 0 Å². The number of carbonyl (C=O) groups is 1. The van der Waals surface area contributed by atoms with Crippen LogP contribution in [0.5, 0.6) is 11.5 Å². The molecule has 28 heavy (non-hydrogen) atoms. The van der Waals surface area contributed by atoms with E-state index in [9.17, 15) is 13.6 Å². The number of carbonyl (C=O) groups excluding carboxylic acids is 1. The number of hydrogen-bond donors (Lipinski definition) is 3. The van der Waals surface area contributed by atoms with E-state index in [-0.39, 0.29) is 48.2 Å². The van der Waals surface area contributed by atoms with Gasteiger partial charge in [0.05, 0.1) is 7.11 Å². The third-order valence-corrected chi connectivity index (χ3v) is 3.82. The van der Waals surface area contributed by atoms with Crippen molar-refractivity contribution < 1.29 is 23.0 Å². The van der Waals surface area contributed by atoms with E-state index < -0.39 is 6.61 Å². The molecule has 1 aromatic rings. The van der Waals surface area contributed by atoms with Gasteiger partial charge in [0.1, 0.15) is 11.5 Å². The summed E-state index contributed by atoms with van der Waals surface area (Å²) in [5, 5.41) is 8.89. The second-order valence-corrected chi connectivity index (χ2v) is 5.83. The Morgan fingerprint density at radius 3 is 2.57 bits per heavy atom. The maximum absolute atomic E-state index is 12.6. The number of nitrogens with zero attached hydrogens (tertiary/aromatic N) is 1. The molecule has 0 radical (unpaired) electrons. The van der Waals surface area contributed by atoms with E-state index in [1.807, 2.05) is 13.8 Å². The molecule has 1 unspecified atom stereocenters. The number of methoxy groups -OCH3 is 1. The Balaban J connectivity index is 0.00000729. The largest absolute Gasteiger partial charge is 0.497 e. The smallest absolute Gasteiger partial charge is 0.387 e. The summed E-state index contributed by atoms with van der Waals surface area (Å²) >= 11 is 0. The Morgan fingerprint density at radius 1 is 1.29 bits per heavy atom. The average molecular weight is 514 g/mol. The summed E-state index contributed by atoms with van der Waals surface area (Å²) < 4.78 is 34.8. The fourth-order valence-electron chi connectivity index (χ4n) is 2.17. The van der Waals surface area contributed by atoms with E-state index in [2.05, 4.69) is 25.7 Å². The Morgan fingerprint density at radius 2 is 2.00 bits per heavy atom. The van der Waals surface area contributed by atoms with Crippen LogP contribution in [0, 0.1) is 0 Å². The van der Waals surface area contributed by atoms with Gasteiger partial charge in [-0.2, -0.15) is 8.78 Å². The molecule has 1 atom stereocenters. The van der Waals surface area contributed by atoms with Crippen molar-refractivity contribution in [2.24, 2.45) is 4.99 Å². The van der Waals surface area contributed by atoms with Crippen molar-refractivity contribution in [3.8, 4) is 11.5 Å². The highest BCUT2D eigenvalue weighted by atomic mass is 127. The van der Waals surface area contributed by atoms with Gasteiger partial charge in [-0.15, -0.1) is 24.0 Å². The predicted octanol–water partition coefficient (Wildman–Crippen LogP) is 2.88. The van der Waals surface area contributed by atoms with Gasteiger partial charge >= 0.3 is 6.61 Å². The first-order valence-corrected chi connectivity index (χ1v) is 8.75. The zero-order chi connectivity index (χ0) is 20.2. The second kappa shape index (κ2) is 14.2. The third-order valence-electron chi connectivity index (χ3n) is 3.82. The van der Waals surface area contributed by atoms with Gasteiger partial charge < -0.3 is 25.4 Å². The van der Waals surface area contributed by atoms with Crippen LogP contribution in [-0.4, -0.2) is 45.2 Å². The molecule has 0 heterocycles. The van der Waals surface area contributed by atoms with Gasteiger partial charge in [0.25, 0.3) is 0 Å². The minimum absolute atomic E-state index is 0. The van der Waals surface area contributed by atoms with Crippen LogP contribution in [0.2, 0.25) is 0 Å². The molecule has 1 aromatic carbocycles. The van der Waals surface area contributed by atoms with Gasteiger partial charge in [-0.25, -0.2) is 0 Å². The van der Waals surface area contributed by atoms with E-state index in [4.69, 9.17) is 4.74 Å². The molecule has 0 bridgehead atoms. The highest BCUT2D eigenvalue weighted by Crippen LogP contribution is 2.25. The van der Waals surface area contributed by atoms with Crippen molar-refractivity contribution >= 4 is 35.8 Å². The van der Waals surface area contributed by atoms with Crippen molar-refractivity contribution in [3.05, 3.63) is 23.8 Å². The maximum atomic E-state index is 12.6. The lowest BCUT2D eigenvalue weighted by Gasteiger charge is -2.16. The predicted molar refractivity (Wildman–Crippen MR) is 116 cm³/mol. The number of aliphatic imine (C=N–C) groups is 1. The van der Waals surface area contributed by atoms with E-state index in [1.165, 1.54) is 13.2 Å². The number of hydrogen-bond acceptors (Lipinski definition) is 4. The summed E-state index contributed by atoms with van der Waals surface area (Å²) in [6.45, 7) is 1.61. The van der Waals surface area contributed by atoms with E-state index >= 15 is 0 Å². The maximum Gasteiger partial charge on any atom is 0.387 e. The number of halogens is 3. The summed E-state index contributed by atoms with van der Waals surface area (Å²) in [5.74, 6) is 0.977. The van der Waals surface area contributed by atoms with Crippen molar-refractivity contribution in [2.45, 2.75) is 45.9 Å². The molecule has 0 fully saturated rings. The van der Waals surface area contributed by atoms with Crippen LogP contribution in [-0.2, 0) is 11.3 Å². The second-order valence-electron chi connectivity index (χ2n) is 5.83. The molecule has 1 amide bonds. The molecular formula is C18H29F2IN4O3. The standard InChI is InChI=1S/C18H28F2N4O3.HI/c1-5-12(2)24-16(25)8-9-22-18(21-3)23-11-13-10-14(26-4)6-7-15(13)27-17(19)20;/h6-7,10,12,17H,5,8-9,11H2,1-4H3,(H,24,25)(H2,21,22,23);1H. The molecule has 0 aliphatic carbocycles. The van der Waals surface area contributed by atoms with Crippen molar-refractivity contribution in [3.63, 3.8) is 0 Å². The molecule has 160 valence electrons. The zero-order valence-electron chi connectivity index (χ0n) is 16.6. The van der Waals surface area contributed by atoms with Gasteiger partial charge in [-0.3, -0.25) is 9.79 Å². The van der Waals surface area contributed by atoms with Crippen LogP contribution in [0.4, 0.5) is 8.78 Å². The fourth-order valence-corrected chi connectivity index (χ4v) is 2.17. The number of benzene rings is 1. The van der Waals surface area contributed by atoms with Crippen LogP contribution < -0.4 is 25.4 Å². The molecule has 10 heteroatoms. The molecule has 1 rings (SSSR count). The highest BCUT2D eigenvalue weighted by molar-refractivity contribution is 14.0. The molecule has 0 aliphatic rings. The zero-order valence-corrected chi connectivity index (χ0v) is 18.9. The minimum Gasteiger partial charge on any atom is -0.497 e. The summed E-state index contributed by atoms with van der Waals surface area (Å²) in [5.41, 5.74) is 0.493. The lowest BCUT2D eigenvalue weighted by Crippen LogP contribution is -2.40. The number of guanidine groups is 1. The quantitative estimate of drug-likeness (QED) is 0.254. The molecule has 0 aliphatic heterocycles.